The first-order valence-electron chi connectivity index (χ1n) is 9.07. The van der Waals surface area contributed by atoms with Gasteiger partial charge in [-0.1, -0.05) is 11.3 Å². The second-order valence-electron chi connectivity index (χ2n) is 7.06. The van der Waals surface area contributed by atoms with Crippen molar-refractivity contribution in [2.75, 3.05) is 12.3 Å². The van der Waals surface area contributed by atoms with Gasteiger partial charge in [-0.25, -0.2) is 4.98 Å². The number of nitrogens with two attached hydrogens (primary N) is 1. The number of rotatable bonds is 2. The summed E-state index contributed by atoms with van der Waals surface area (Å²) in [4.78, 5) is 17.2. The molecule has 150 valence electrons. The minimum atomic E-state index is -4.46. The molecule has 2 aliphatic rings. The van der Waals surface area contributed by atoms with Crippen molar-refractivity contribution in [1.82, 2.24) is 4.98 Å². The molecule has 1 aliphatic heterocycles. The van der Waals surface area contributed by atoms with Crippen LogP contribution in [0.1, 0.15) is 43.0 Å². The number of thiazole rings is 1. The van der Waals surface area contributed by atoms with Crippen LogP contribution in [0.25, 0.3) is 11.3 Å². The van der Waals surface area contributed by atoms with Crippen LogP contribution in [-0.2, 0) is 21.3 Å². The molecule has 1 fully saturated rings. The summed E-state index contributed by atoms with van der Waals surface area (Å²) in [5, 5.41) is 0.341. The number of benzene rings is 1. The first kappa shape index (κ1) is 19.0. The average molecular weight is 412 g/mol. The topological polar surface area (TPSA) is 74.4 Å². The van der Waals surface area contributed by atoms with E-state index in [2.05, 4.69) is 4.98 Å². The van der Waals surface area contributed by atoms with Crippen molar-refractivity contribution in [2.45, 2.75) is 44.4 Å². The van der Waals surface area contributed by atoms with Crippen LogP contribution < -0.4 is 10.5 Å². The predicted molar refractivity (Wildman–Crippen MR) is 97.9 cm³/mol. The number of nitrogens with zero attached hydrogens (tertiary/aromatic N) is 1. The first-order chi connectivity index (χ1) is 13.2. The molecule has 0 unspecified atom stereocenters. The highest BCUT2D eigenvalue weighted by Crippen LogP contribution is 2.54. The Kier molecular flexibility index (Phi) is 4.52. The number of anilines is 1. The van der Waals surface area contributed by atoms with Gasteiger partial charge in [0.2, 0.25) is 0 Å². The molecule has 0 radical (unpaired) electrons. The van der Waals surface area contributed by atoms with E-state index < -0.39 is 17.3 Å². The Morgan fingerprint density at radius 1 is 1.39 bits per heavy atom. The monoisotopic (exact) mass is 412 g/mol. The SMILES string of the molecule is CCOC(=O)C1CCC2(CC1)Oc1cc(C(F)(F)F)ccc1-c1nc(N)sc12. The molecule has 28 heavy (non-hydrogen) atoms. The van der Waals surface area contributed by atoms with Gasteiger partial charge in [0.1, 0.15) is 11.4 Å². The minimum Gasteiger partial charge on any atom is -0.481 e. The molecule has 1 aromatic heterocycles. The van der Waals surface area contributed by atoms with Crippen molar-refractivity contribution in [3.05, 3.63) is 28.6 Å². The van der Waals surface area contributed by atoms with Crippen molar-refractivity contribution in [1.29, 1.82) is 0 Å². The number of alkyl halides is 3. The molecule has 0 bridgehead atoms. The zero-order valence-electron chi connectivity index (χ0n) is 15.1. The standard InChI is InChI=1S/C19H19F3N2O3S/c1-2-26-16(25)10-5-7-18(8-6-10)15-14(24-17(23)28-15)12-4-3-11(19(20,21)22)9-13(12)27-18/h3-4,9-10H,2,5-8H2,1H3,(H2,23,24). The van der Waals surface area contributed by atoms with Gasteiger partial charge in [0.05, 0.1) is 28.7 Å². The second-order valence-corrected chi connectivity index (χ2v) is 8.09. The minimum absolute atomic E-state index is 0.155. The van der Waals surface area contributed by atoms with E-state index in [4.69, 9.17) is 15.2 Å². The summed E-state index contributed by atoms with van der Waals surface area (Å²) in [6, 6.07) is 3.43. The third-order valence-corrected chi connectivity index (χ3v) is 6.41. The van der Waals surface area contributed by atoms with Crippen LogP contribution in [0.15, 0.2) is 18.2 Å². The van der Waals surface area contributed by atoms with E-state index in [1.165, 1.54) is 17.4 Å². The van der Waals surface area contributed by atoms with Crippen molar-refractivity contribution < 1.29 is 27.4 Å². The maximum atomic E-state index is 13.2. The first-order valence-corrected chi connectivity index (χ1v) is 9.89. The normalized spacial score (nSPS) is 23.6. The zero-order valence-corrected chi connectivity index (χ0v) is 16.0. The summed E-state index contributed by atoms with van der Waals surface area (Å²) in [6.07, 6.45) is -2.43. The van der Waals surface area contributed by atoms with Gasteiger partial charge in [-0.15, -0.1) is 0 Å². The van der Waals surface area contributed by atoms with Crippen LogP contribution in [0.5, 0.6) is 5.75 Å². The highest BCUT2D eigenvalue weighted by atomic mass is 32.1. The lowest BCUT2D eigenvalue weighted by molar-refractivity contribution is -0.151. The lowest BCUT2D eigenvalue weighted by Gasteiger charge is -2.42. The lowest BCUT2D eigenvalue weighted by Crippen LogP contribution is -2.40. The molecular weight excluding hydrogens is 393 g/mol. The molecule has 2 aromatic rings. The summed E-state index contributed by atoms with van der Waals surface area (Å²) in [5.74, 6) is -0.315. The zero-order chi connectivity index (χ0) is 20.1. The summed E-state index contributed by atoms with van der Waals surface area (Å²) in [7, 11) is 0. The molecule has 1 aromatic carbocycles. The van der Waals surface area contributed by atoms with E-state index in [1.54, 1.807) is 6.92 Å². The Morgan fingerprint density at radius 3 is 2.75 bits per heavy atom. The van der Waals surface area contributed by atoms with Crippen LogP contribution in [0.2, 0.25) is 0 Å². The number of carbonyl (C=O) groups is 1. The van der Waals surface area contributed by atoms with E-state index in [0.29, 0.717) is 48.7 Å². The molecular formula is C19H19F3N2O3S. The van der Waals surface area contributed by atoms with Gasteiger partial charge in [-0.05, 0) is 50.8 Å². The summed E-state index contributed by atoms with van der Waals surface area (Å²) >= 11 is 1.29. The van der Waals surface area contributed by atoms with E-state index in [1.807, 2.05) is 0 Å². The molecule has 2 N–H and O–H groups in total. The highest BCUT2D eigenvalue weighted by molar-refractivity contribution is 7.16. The largest absolute Gasteiger partial charge is 0.481 e. The summed E-state index contributed by atoms with van der Waals surface area (Å²) in [5.41, 5.74) is 5.42. The number of esters is 1. The maximum absolute atomic E-state index is 13.2. The van der Waals surface area contributed by atoms with Gasteiger partial charge in [0, 0.05) is 5.56 Å². The molecule has 1 spiro atoms. The van der Waals surface area contributed by atoms with Crippen LogP contribution >= 0.6 is 11.3 Å². The smallest absolute Gasteiger partial charge is 0.416 e. The van der Waals surface area contributed by atoms with Crippen LogP contribution in [-0.4, -0.2) is 17.6 Å². The fourth-order valence-corrected chi connectivity index (χ4v) is 5.00. The lowest BCUT2D eigenvalue weighted by atomic mass is 9.76. The number of nitrogen functional groups attached to an aromatic ring is 1. The van der Waals surface area contributed by atoms with Gasteiger partial charge in [0.15, 0.2) is 5.13 Å². The maximum Gasteiger partial charge on any atom is 0.416 e. The molecule has 1 saturated carbocycles. The molecule has 1 aliphatic carbocycles. The molecule has 0 atom stereocenters. The van der Waals surface area contributed by atoms with E-state index in [0.717, 1.165) is 17.0 Å². The van der Waals surface area contributed by atoms with E-state index in [-0.39, 0.29) is 17.6 Å². The Morgan fingerprint density at radius 2 is 2.11 bits per heavy atom. The number of fused-ring (bicyclic) bond motifs is 4. The van der Waals surface area contributed by atoms with Gasteiger partial charge >= 0.3 is 12.1 Å². The van der Waals surface area contributed by atoms with Gasteiger partial charge in [-0.3, -0.25) is 4.79 Å². The third-order valence-electron chi connectivity index (χ3n) is 5.34. The molecule has 4 rings (SSSR count). The van der Waals surface area contributed by atoms with Crippen LogP contribution in [0, 0.1) is 5.92 Å². The number of ether oxygens (including phenoxy) is 2. The number of hydrogen-bond donors (Lipinski definition) is 1. The van der Waals surface area contributed by atoms with Gasteiger partial charge in [-0.2, -0.15) is 13.2 Å². The molecule has 9 heteroatoms. The molecule has 0 amide bonds. The third kappa shape index (κ3) is 3.11. The fraction of sp³-hybridized carbons (Fsp3) is 0.474. The average Bonchev–Trinajstić information content (AvgIpc) is 3.04. The van der Waals surface area contributed by atoms with Crippen molar-refractivity contribution in [3.8, 4) is 17.0 Å². The van der Waals surface area contributed by atoms with Crippen LogP contribution in [0.4, 0.5) is 18.3 Å². The van der Waals surface area contributed by atoms with Gasteiger partial charge in [0.25, 0.3) is 0 Å². The van der Waals surface area contributed by atoms with Crippen molar-refractivity contribution in [2.24, 2.45) is 5.92 Å². The quantitative estimate of drug-likeness (QED) is 0.721. The Balaban J connectivity index is 1.71. The molecule has 5 nitrogen and oxygen atoms in total. The second kappa shape index (κ2) is 6.65. The number of hydrogen-bond acceptors (Lipinski definition) is 6. The Labute approximate surface area is 163 Å². The summed E-state index contributed by atoms with van der Waals surface area (Å²) in [6.45, 7) is 2.08. The molecule has 2 heterocycles. The number of aromatic nitrogens is 1. The highest BCUT2D eigenvalue weighted by Gasteiger charge is 2.48. The fourth-order valence-electron chi connectivity index (χ4n) is 3.97. The van der Waals surface area contributed by atoms with E-state index in [9.17, 15) is 18.0 Å². The Hall–Kier alpha value is -2.29. The van der Waals surface area contributed by atoms with Gasteiger partial charge < -0.3 is 15.2 Å². The van der Waals surface area contributed by atoms with Crippen molar-refractivity contribution in [3.63, 3.8) is 0 Å². The molecule has 0 saturated heterocycles. The Bertz CT molecular complexity index is 918. The van der Waals surface area contributed by atoms with E-state index >= 15 is 0 Å². The number of carbonyl (C=O) groups excluding carboxylic acids is 1. The van der Waals surface area contributed by atoms with Crippen molar-refractivity contribution >= 4 is 22.4 Å². The number of halogens is 3. The summed E-state index contributed by atoms with van der Waals surface area (Å²) < 4.78 is 50.8. The predicted octanol–water partition coefficient (Wildman–Crippen LogP) is 4.75. The van der Waals surface area contributed by atoms with Crippen LogP contribution in [0.3, 0.4) is 0 Å².